The average molecular weight is 375 g/mol. The Kier molecular flexibility index (Phi) is 11.4. The van der Waals surface area contributed by atoms with E-state index >= 15 is 0 Å². The highest BCUT2D eigenvalue weighted by Crippen LogP contribution is 2.13. The predicted molar refractivity (Wildman–Crippen MR) is 112 cm³/mol. The molecule has 1 amide bonds. The number of carbonyl (C=O) groups is 1. The van der Waals surface area contributed by atoms with Gasteiger partial charge in [0.05, 0.1) is 0 Å². The molecule has 6 nitrogen and oxygen atoms in total. The number of unbranched alkanes of at least 4 members (excludes halogenated alkanes) is 3. The van der Waals surface area contributed by atoms with Crippen molar-refractivity contribution in [3.8, 4) is 5.75 Å². The van der Waals surface area contributed by atoms with Gasteiger partial charge in [-0.15, -0.1) is 6.58 Å². The summed E-state index contributed by atoms with van der Waals surface area (Å²) in [6, 6.07) is 7.74. The Hall–Kier alpha value is -2.50. The van der Waals surface area contributed by atoms with Gasteiger partial charge in [-0.2, -0.15) is 0 Å². The monoisotopic (exact) mass is 374 g/mol. The minimum absolute atomic E-state index is 0.0288. The number of guanidine groups is 1. The molecule has 0 fully saturated rings. The van der Waals surface area contributed by atoms with E-state index in [9.17, 15) is 4.79 Å². The molecule has 1 rings (SSSR count). The van der Waals surface area contributed by atoms with E-state index in [-0.39, 0.29) is 12.5 Å². The fourth-order valence-corrected chi connectivity index (χ4v) is 2.63. The van der Waals surface area contributed by atoms with E-state index in [1.54, 1.807) is 7.05 Å². The number of hydrogen-bond acceptors (Lipinski definition) is 3. The molecule has 0 saturated carbocycles. The van der Waals surface area contributed by atoms with Crippen LogP contribution in [0.1, 0.15) is 38.2 Å². The lowest BCUT2D eigenvalue weighted by Crippen LogP contribution is -2.39. The molecule has 0 unspecified atom stereocenters. The zero-order chi connectivity index (χ0) is 19.9. The second kappa shape index (κ2) is 13.7. The molecular formula is C21H34N4O2. The number of likely N-dealkylation sites (N-methyl/N-ethyl adjacent to an activating group) is 1. The summed E-state index contributed by atoms with van der Waals surface area (Å²) in [5.74, 6) is 1.44. The maximum atomic E-state index is 11.5. The molecular weight excluding hydrogens is 340 g/mol. The van der Waals surface area contributed by atoms with Crippen LogP contribution in [0.25, 0.3) is 0 Å². The van der Waals surface area contributed by atoms with Gasteiger partial charge in [0.2, 0.25) is 0 Å². The van der Waals surface area contributed by atoms with Gasteiger partial charge in [0.1, 0.15) is 5.75 Å². The molecule has 27 heavy (non-hydrogen) atoms. The average Bonchev–Trinajstić information content (AvgIpc) is 2.67. The van der Waals surface area contributed by atoms with E-state index in [0.29, 0.717) is 18.8 Å². The highest BCUT2D eigenvalue weighted by molar-refractivity contribution is 5.79. The third-order valence-electron chi connectivity index (χ3n) is 4.07. The van der Waals surface area contributed by atoms with Gasteiger partial charge < -0.3 is 20.3 Å². The Morgan fingerprint density at radius 2 is 2.11 bits per heavy atom. The van der Waals surface area contributed by atoms with Gasteiger partial charge >= 0.3 is 0 Å². The maximum Gasteiger partial charge on any atom is 0.257 e. The van der Waals surface area contributed by atoms with Gasteiger partial charge in [-0.3, -0.25) is 9.79 Å². The molecule has 0 aliphatic rings. The van der Waals surface area contributed by atoms with Crippen molar-refractivity contribution in [3.05, 3.63) is 42.5 Å². The van der Waals surface area contributed by atoms with Gasteiger partial charge in [0.25, 0.3) is 5.91 Å². The lowest BCUT2D eigenvalue weighted by atomic mass is 10.2. The van der Waals surface area contributed by atoms with Gasteiger partial charge in [0.15, 0.2) is 12.6 Å². The van der Waals surface area contributed by atoms with Crippen molar-refractivity contribution in [2.45, 2.75) is 39.2 Å². The second-order valence-electron chi connectivity index (χ2n) is 6.35. The van der Waals surface area contributed by atoms with Crippen LogP contribution in [0.2, 0.25) is 0 Å². The van der Waals surface area contributed by atoms with Crippen LogP contribution >= 0.6 is 0 Å². The Labute approximate surface area is 163 Å². The van der Waals surface area contributed by atoms with E-state index in [1.807, 2.05) is 37.3 Å². The summed E-state index contributed by atoms with van der Waals surface area (Å²) in [5.41, 5.74) is 1.07. The number of carbonyl (C=O) groups excluding carboxylic acids is 1. The van der Waals surface area contributed by atoms with Crippen molar-refractivity contribution in [1.82, 2.24) is 15.5 Å². The lowest BCUT2D eigenvalue weighted by molar-refractivity contribution is -0.122. The van der Waals surface area contributed by atoms with E-state index < -0.39 is 0 Å². The quantitative estimate of drug-likeness (QED) is 0.255. The van der Waals surface area contributed by atoms with Crippen molar-refractivity contribution in [1.29, 1.82) is 0 Å². The predicted octanol–water partition coefficient (Wildman–Crippen LogP) is 2.96. The van der Waals surface area contributed by atoms with Crippen molar-refractivity contribution >= 4 is 11.9 Å². The van der Waals surface area contributed by atoms with Crippen LogP contribution in [0.15, 0.2) is 41.9 Å². The number of aliphatic imine (C=N–C) groups is 1. The van der Waals surface area contributed by atoms with E-state index in [2.05, 4.69) is 34.2 Å². The topological polar surface area (TPSA) is 66.0 Å². The molecule has 0 bridgehead atoms. The molecule has 0 aliphatic heterocycles. The van der Waals surface area contributed by atoms with Crippen LogP contribution in [0.5, 0.6) is 5.75 Å². The summed E-state index contributed by atoms with van der Waals surface area (Å²) in [4.78, 5) is 18.0. The fourth-order valence-electron chi connectivity index (χ4n) is 2.63. The van der Waals surface area contributed by atoms with E-state index in [4.69, 9.17) is 4.74 Å². The van der Waals surface area contributed by atoms with E-state index in [0.717, 1.165) is 30.9 Å². The number of nitrogens with zero attached hydrogens (tertiary/aromatic N) is 2. The summed E-state index contributed by atoms with van der Waals surface area (Å²) in [5, 5.41) is 6.09. The van der Waals surface area contributed by atoms with Gasteiger partial charge in [-0.25, -0.2) is 0 Å². The minimum atomic E-state index is -0.115. The fraction of sp³-hybridized carbons (Fsp3) is 0.524. The molecule has 0 heterocycles. The maximum absolute atomic E-state index is 11.5. The Morgan fingerprint density at radius 3 is 2.81 bits per heavy atom. The molecule has 150 valence electrons. The minimum Gasteiger partial charge on any atom is -0.484 e. The normalized spacial score (nSPS) is 11.0. The highest BCUT2D eigenvalue weighted by atomic mass is 16.5. The van der Waals surface area contributed by atoms with Crippen molar-refractivity contribution in [2.75, 3.05) is 33.8 Å². The first-order chi connectivity index (χ1) is 13.1. The first kappa shape index (κ1) is 22.5. The van der Waals surface area contributed by atoms with Crippen LogP contribution < -0.4 is 15.4 Å². The number of amides is 1. The second-order valence-corrected chi connectivity index (χ2v) is 6.35. The number of benzene rings is 1. The number of hydrogen-bond donors (Lipinski definition) is 2. The summed E-state index contributed by atoms with van der Waals surface area (Å²) >= 11 is 0. The Balaban J connectivity index is 2.44. The number of nitrogens with one attached hydrogen (secondary N) is 2. The summed E-state index contributed by atoms with van der Waals surface area (Å²) in [7, 11) is 3.84. The molecule has 0 aliphatic carbocycles. The van der Waals surface area contributed by atoms with Crippen molar-refractivity contribution < 1.29 is 9.53 Å². The third-order valence-corrected chi connectivity index (χ3v) is 4.07. The van der Waals surface area contributed by atoms with Gasteiger partial charge in [-0.1, -0.05) is 24.6 Å². The first-order valence-electron chi connectivity index (χ1n) is 9.61. The summed E-state index contributed by atoms with van der Waals surface area (Å²) in [6.07, 6.45) is 6.56. The number of allylic oxidation sites excluding steroid dienone is 1. The molecule has 2 N–H and O–H groups in total. The zero-order valence-electron chi connectivity index (χ0n) is 17.0. The first-order valence-corrected chi connectivity index (χ1v) is 9.61. The summed E-state index contributed by atoms with van der Waals surface area (Å²) in [6.45, 7) is 7.88. The summed E-state index contributed by atoms with van der Waals surface area (Å²) < 4.78 is 5.54. The zero-order valence-corrected chi connectivity index (χ0v) is 17.0. The van der Waals surface area contributed by atoms with Crippen molar-refractivity contribution in [2.24, 2.45) is 4.99 Å². The van der Waals surface area contributed by atoms with Crippen LogP contribution in [0.4, 0.5) is 0 Å². The SMILES string of the molecule is C=CCCCCCN(C)C(=NC)NCc1cccc(OCC(=O)NCC)c1. The lowest BCUT2D eigenvalue weighted by Gasteiger charge is -2.22. The molecule has 0 aromatic heterocycles. The molecule has 0 spiro atoms. The molecule has 1 aromatic rings. The third kappa shape index (κ3) is 9.68. The molecule has 6 heteroatoms. The smallest absolute Gasteiger partial charge is 0.257 e. The van der Waals surface area contributed by atoms with Crippen LogP contribution in [0.3, 0.4) is 0 Å². The Bertz CT molecular complexity index is 602. The van der Waals surface area contributed by atoms with Crippen LogP contribution in [-0.4, -0.2) is 50.6 Å². The number of rotatable bonds is 12. The molecule has 0 saturated heterocycles. The molecule has 0 radical (unpaired) electrons. The molecule has 1 aromatic carbocycles. The number of ether oxygens (including phenoxy) is 1. The van der Waals surface area contributed by atoms with E-state index in [1.165, 1.54) is 12.8 Å². The standard InChI is InChI=1S/C21H34N4O2/c1-5-7-8-9-10-14-25(4)21(22-3)24-16-18-12-11-13-19(15-18)27-17-20(26)23-6-2/h5,11-13,15H,1,6-10,14,16-17H2,2-4H3,(H,22,24)(H,23,26). The largest absolute Gasteiger partial charge is 0.484 e. The Morgan fingerprint density at radius 1 is 1.30 bits per heavy atom. The highest BCUT2D eigenvalue weighted by Gasteiger charge is 2.06. The van der Waals surface area contributed by atoms with Crippen molar-refractivity contribution in [3.63, 3.8) is 0 Å². The van der Waals surface area contributed by atoms with Gasteiger partial charge in [-0.05, 0) is 43.9 Å². The van der Waals surface area contributed by atoms with Crippen LogP contribution in [0, 0.1) is 0 Å². The van der Waals surface area contributed by atoms with Crippen LogP contribution in [-0.2, 0) is 11.3 Å². The molecule has 0 atom stereocenters. The van der Waals surface area contributed by atoms with Gasteiger partial charge in [0, 0.05) is 33.7 Å².